The van der Waals surface area contributed by atoms with E-state index in [-0.39, 0.29) is 12.6 Å². The molecule has 0 aromatic heterocycles. The predicted octanol–water partition coefficient (Wildman–Crippen LogP) is 0.0760. The van der Waals surface area contributed by atoms with Gasteiger partial charge in [-0.3, -0.25) is 0 Å². The Morgan fingerprint density at radius 2 is 2.20 bits per heavy atom. The normalized spacial score (nSPS) is 26.5. The Hall–Kier alpha value is -0.170. The highest BCUT2D eigenvalue weighted by molar-refractivity contribution is 7.87. The second-order valence-electron chi connectivity index (χ2n) is 4.16. The van der Waals surface area contributed by atoms with Gasteiger partial charge in [0.2, 0.25) is 0 Å². The Morgan fingerprint density at radius 1 is 1.53 bits per heavy atom. The van der Waals surface area contributed by atoms with Crippen LogP contribution in [0.15, 0.2) is 0 Å². The predicted molar refractivity (Wildman–Crippen MR) is 58.6 cm³/mol. The van der Waals surface area contributed by atoms with Crippen LogP contribution >= 0.6 is 0 Å². The van der Waals surface area contributed by atoms with E-state index in [1.54, 1.807) is 6.92 Å². The van der Waals surface area contributed by atoms with Crippen LogP contribution in [0.4, 0.5) is 0 Å². The number of rotatable bonds is 4. The first kappa shape index (κ1) is 12.9. The molecule has 0 radical (unpaired) electrons. The van der Waals surface area contributed by atoms with Crippen molar-refractivity contribution in [2.24, 2.45) is 0 Å². The van der Waals surface area contributed by atoms with Crippen molar-refractivity contribution in [1.82, 2.24) is 9.03 Å². The van der Waals surface area contributed by atoms with Crippen molar-refractivity contribution in [1.29, 1.82) is 0 Å². The molecule has 0 spiro atoms. The van der Waals surface area contributed by atoms with Crippen molar-refractivity contribution in [2.45, 2.75) is 45.3 Å². The first-order valence-corrected chi connectivity index (χ1v) is 6.82. The fourth-order valence-electron chi connectivity index (χ4n) is 1.74. The van der Waals surface area contributed by atoms with Gasteiger partial charge in [0.25, 0.3) is 10.2 Å². The van der Waals surface area contributed by atoms with E-state index in [0.29, 0.717) is 6.54 Å². The molecule has 2 atom stereocenters. The molecule has 0 saturated carbocycles. The summed E-state index contributed by atoms with van der Waals surface area (Å²) < 4.78 is 27.5. The van der Waals surface area contributed by atoms with Crippen molar-refractivity contribution in [3.8, 4) is 0 Å². The van der Waals surface area contributed by atoms with Crippen LogP contribution in [0.5, 0.6) is 0 Å². The van der Waals surface area contributed by atoms with Gasteiger partial charge in [0.15, 0.2) is 0 Å². The molecule has 0 bridgehead atoms. The third-order valence-corrected chi connectivity index (χ3v) is 4.30. The molecule has 0 aromatic carbocycles. The van der Waals surface area contributed by atoms with Crippen molar-refractivity contribution < 1.29 is 13.5 Å². The topological polar surface area (TPSA) is 69.6 Å². The standard InChI is InChI=1S/C9H20N2O3S/c1-8-5-3-4-6-11(8)15(13,14)10-7-9(2)12/h8-10,12H,3-7H2,1-2H3. The number of nitrogens with zero attached hydrogens (tertiary/aromatic N) is 1. The Labute approximate surface area is 91.7 Å². The SMILES string of the molecule is CC(O)CNS(=O)(=O)N1CCCCC1C. The lowest BCUT2D eigenvalue weighted by Gasteiger charge is -2.32. The average molecular weight is 236 g/mol. The fraction of sp³-hybridized carbons (Fsp3) is 1.00. The molecule has 0 aromatic rings. The van der Waals surface area contributed by atoms with Crippen LogP contribution in [0.3, 0.4) is 0 Å². The van der Waals surface area contributed by atoms with Crippen molar-refractivity contribution >= 4 is 10.2 Å². The lowest BCUT2D eigenvalue weighted by Crippen LogP contribution is -2.49. The van der Waals surface area contributed by atoms with Crippen molar-refractivity contribution in [2.75, 3.05) is 13.1 Å². The average Bonchev–Trinajstić information content (AvgIpc) is 2.15. The van der Waals surface area contributed by atoms with Gasteiger partial charge in [-0.1, -0.05) is 6.42 Å². The summed E-state index contributed by atoms with van der Waals surface area (Å²) in [5.74, 6) is 0. The molecule has 5 nitrogen and oxygen atoms in total. The summed E-state index contributed by atoms with van der Waals surface area (Å²) in [5, 5.41) is 9.03. The maximum absolute atomic E-state index is 11.8. The minimum atomic E-state index is -3.40. The van der Waals surface area contributed by atoms with Gasteiger partial charge in [-0.05, 0) is 26.7 Å². The largest absolute Gasteiger partial charge is 0.392 e. The van der Waals surface area contributed by atoms with Gasteiger partial charge in [0.1, 0.15) is 0 Å². The third kappa shape index (κ3) is 3.71. The number of hydrogen-bond donors (Lipinski definition) is 2. The lowest BCUT2D eigenvalue weighted by atomic mass is 10.1. The second-order valence-corrected chi connectivity index (χ2v) is 5.87. The molecule has 1 heterocycles. The molecular weight excluding hydrogens is 216 g/mol. The highest BCUT2D eigenvalue weighted by Crippen LogP contribution is 2.18. The molecule has 6 heteroatoms. The second kappa shape index (κ2) is 5.25. The van der Waals surface area contributed by atoms with Gasteiger partial charge < -0.3 is 5.11 Å². The summed E-state index contributed by atoms with van der Waals surface area (Å²) in [6.45, 7) is 4.13. The summed E-state index contributed by atoms with van der Waals surface area (Å²) in [5.41, 5.74) is 0. The molecular formula is C9H20N2O3S. The van der Waals surface area contributed by atoms with Crippen LogP contribution in [-0.2, 0) is 10.2 Å². The molecule has 90 valence electrons. The molecule has 2 unspecified atom stereocenters. The van der Waals surface area contributed by atoms with Crippen LogP contribution in [0.2, 0.25) is 0 Å². The van der Waals surface area contributed by atoms with E-state index in [0.717, 1.165) is 19.3 Å². The first-order valence-electron chi connectivity index (χ1n) is 5.38. The Morgan fingerprint density at radius 3 is 2.73 bits per heavy atom. The Balaban J connectivity index is 2.59. The molecule has 1 fully saturated rings. The van der Waals surface area contributed by atoms with Crippen LogP contribution in [-0.4, -0.2) is 43.1 Å². The van der Waals surface area contributed by atoms with Gasteiger partial charge in [-0.15, -0.1) is 0 Å². The number of aliphatic hydroxyl groups excluding tert-OH is 1. The van der Waals surface area contributed by atoms with E-state index in [1.165, 1.54) is 4.31 Å². The third-order valence-electron chi connectivity index (χ3n) is 2.61. The van der Waals surface area contributed by atoms with E-state index in [1.807, 2.05) is 6.92 Å². The maximum atomic E-state index is 11.8. The van der Waals surface area contributed by atoms with E-state index in [9.17, 15) is 8.42 Å². The number of aliphatic hydroxyl groups is 1. The molecule has 1 aliphatic rings. The highest BCUT2D eigenvalue weighted by atomic mass is 32.2. The van der Waals surface area contributed by atoms with Crippen LogP contribution < -0.4 is 4.72 Å². The number of nitrogens with one attached hydrogen (secondary N) is 1. The smallest absolute Gasteiger partial charge is 0.279 e. The number of piperidine rings is 1. The van der Waals surface area contributed by atoms with Gasteiger partial charge in [0.05, 0.1) is 6.10 Å². The minimum Gasteiger partial charge on any atom is -0.392 e. The zero-order valence-electron chi connectivity index (χ0n) is 9.31. The molecule has 2 N–H and O–H groups in total. The van der Waals surface area contributed by atoms with E-state index < -0.39 is 16.3 Å². The van der Waals surface area contributed by atoms with Crippen LogP contribution in [0.1, 0.15) is 33.1 Å². The monoisotopic (exact) mass is 236 g/mol. The van der Waals surface area contributed by atoms with Gasteiger partial charge >= 0.3 is 0 Å². The fourth-order valence-corrected chi connectivity index (χ4v) is 3.30. The van der Waals surface area contributed by atoms with Crippen LogP contribution in [0, 0.1) is 0 Å². The van der Waals surface area contributed by atoms with E-state index in [4.69, 9.17) is 5.11 Å². The summed E-state index contributed by atoms with van der Waals surface area (Å²) in [6, 6.07) is 0.0604. The zero-order chi connectivity index (χ0) is 11.5. The summed E-state index contributed by atoms with van der Waals surface area (Å²) in [4.78, 5) is 0. The minimum absolute atomic E-state index is 0.0604. The van der Waals surface area contributed by atoms with E-state index in [2.05, 4.69) is 4.72 Å². The van der Waals surface area contributed by atoms with Gasteiger partial charge in [-0.2, -0.15) is 17.4 Å². The molecule has 15 heavy (non-hydrogen) atoms. The van der Waals surface area contributed by atoms with Crippen molar-refractivity contribution in [3.63, 3.8) is 0 Å². The summed E-state index contributed by atoms with van der Waals surface area (Å²) >= 11 is 0. The molecule has 1 aliphatic heterocycles. The Kier molecular flexibility index (Phi) is 4.51. The summed E-state index contributed by atoms with van der Waals surface area (Å²) in [6.07, 6.45) is 2.26. The number of hydrogen-bond acceptors (Lipinski definition) is 3. The van der Waals surface area contributed by atoms with Crippen molar-refractivity contribution in [3.05, 3.63) is 0 Å². The van der Waals surface area contributed by atoms with E-state index >= 15 is 0 Å². The Bertz CT molecular complexity index is 290. The molecule has 0 aliphatic carbocycles. The summed E-state index contributed by atoms with van der Waals surface area (Å²) in [7, 11) is -3.40. The zero-order valence-corrected chi connectivity index (χ0v) is 10.1. The van der Waals surface area contributed by atoms with Gasteiger partial charge in [-0.25, -0.2) is 0 Å². The lowest BCUT2D eigenvalue weighted by molar-refractivity contribution is 0.195. The van der Waals surface area contributed by atoms with Crippen LogP contribution in [0.25, 0.3) is 0 Å². The maximum Gasteiger partial charge on any atom is 0.279 e. The highest BCUT2D eigenvalue weighted by Gasteiger charge is 2.29. The molecule has 1 rings (SSSR count). The quantitative estimate of drug-likeness (QED) is 0.726. The molecule has 0 amide bonds. The molecule has 1 saturated heterocycles. The van der Waals surface area contributed by atoms with Gasteiger partial charge in [0, 0.05) is 19.1 Å². The first-order chi connectivity index (χ1) is 6.93.